The van der Waals surface area contributed by atoms with Gasteiger partial charge in [-0.15, -0.1) is 0 Å². The molecule has 1 atom stereocenters. The molecule has 19 heavy (non-hydrogen) atoms. The highest BCUT2D eigenvalue weighted by atomic mass is 32.2. The van der Waals surface area contributed by atoms with Crippen molar-refractivity contribution in [3.8, 4) is 0 Å². The topological polar surface area (TPSA) is 27.7 Å². The van der Waals surface area contributed by atoms with E-state index in [1.807, 2.05) is 23.5 Å². The second-order valence-corrected chi connectivity index (χ2v) is 7.18. The molecule has 0 amide bonds. The van der Waals surface area contributed by atoms with Crippen LogP contribution in [0.3, 0.4) is 0 Å². The minimum Gasteiger partial charge on any atom is -0.379 e. The van der Waals surface area contributed by atoms with E-state index in [1.165, 1.54) is 19.3 Å². The van der Waals surface area contributed by atoms with Crippen LogP contribution >= 0.6 is 23.5 Å². The standard InChI is InChI=1S/C14H28O3S2/c1-2-3-4-14-13-17-8-11-18-10-7-15-5-6-16-9-12-19-14/h14H,2-13H2,1H3. The molecule has 0 spiro atoms. The lowest BCUT2D eigenvalue weighted by Crippen LogP contribution is -2.15. The van der Waals surface area contributed by atoms with E-state index in [9.17, 15) is 0 Å². The Balaban J connectivity index is 2.21. The van der Waals surface area contributed by atoms with Crippen LogP contribution in [-0.2, 0) is 14.2 Å². The van der Waals surface area contributed by atoms with Crippen LogP contribution in [0.25, 0.3) is 0 Å². The smallest absolute Gasteiger partial charge is 0.0700 e. The number of unbranched alkanes of at least 4 members (excludes halogenated alkanes) is 1. The Hall–Kier alpha value is 0.580. The molecular formula is C14H28O3S2. The number of ether oxygens (including phenoxy) is 3. The van der Waals surface area contributed by atoms with Gasteiger partial charge in [-0.05, 0) is 6.42 Å². The van der Waals surface area contributed by atoms with Crippen LogP contribution < -0.4 is 0 Å². The molecule has 1 saturated heterocycles. The summed E-state index contributed by atoms with van der Waals surface area (Å²) >= 11 is 3.90. The minimum absolute atomic E-state index is 0.634. The van der Waals surface area contributed by atoms with Gasteiger partial charge in [-0.2, -0.15) is 23.5 Å². The van der Waals surface area contributed by atoms with Crippen LogP contribution in [0.1, 0.15) is 26.2 Å². The van der Waals surface area contributed by atoms with Gasteiger partial charge in [0.05, 0.1) is 39.6 Å². The average molecular weight is 309 g/mol. The molecular weight excluding hydrogens is 280 g/mol. The van der Waals surface area contributed by atoms with Crippen LogP contribution in [-0.4, -0.2) is 62.1 Å². The zero-order chi connectivity index (χ0) is 13.6. The van der Waals surface area contributed by atoms with E-state index in [-0.39, 0.29) is 0 Å². The molecule has 0 N–H and O–H groups in total. The van der Waals surface area contributed by atoms with Gasteiger partial charge in [0.25, 0.3) is 0 Å². The molecule has 1 fully saturated rings. The lowest BCUT2D eigenvalue weighted by atomic mass is 10.2. The first-order chi connectivity index (χ1) is 9.43. The van der Waals surface area contributed by atoms with Crippen LogP contribution in [0.15, 0.2) is 0 Å². The van der Waals surface area contributed by atoms with E-state index >= 15 is 0 Å². The Morgan fingerprint density at radius 1 is 0.895 bits per heavy atom. The highest BCUT2D eigenvalue weighted by Gasteiger charge is 2.09. The molecule has 114 valence electrons. The van der Waals surface area contributed by atoms with Crippen LogP contribution in [0, 0.1) is 0 Å². The third-order valence-electron chi connectivity index (χ3n) is 2.88. The molecule has 0 aromatic carbocycles. The van der Waals surface area contributed by atoms with Gasteiger partial charge in [-0.3, -0.25) is 0 Å². The first-order valence-corrected chi connectivity index (χ1v) is 9.56. The number of hydrogen-bond donors (Lipinski definition) is 0. The van der Waals surface area contributed by atoms with Gasteiger partial charge < -0.3 is 14.2 Å². The molecule has 0 saturated carbocycles. The molecule has 1 aliphatic rings. The van der Waals surface area contributed by atoms with Gasteiger partial charge in [0.1, 0.15) is 0 Å². The molecule has 0 bridgehead atoms. The lowest BCUT2D eigenvalue weighted by molar-refractivity contribution is 0.0605. The maximum Gasteiger partial charge on any atom is 0.0700 e. The lowest BCUT2D eigenvalue weighted by Gasteiger charge is -2.16. The third-order valence-corrected chi connectivity index (χ3v) is 5.04. The molecule has 0 aromatic rings. The fourth-order valence-electron chi connectivity index (χ4n) is 1.79. The summed E-state index contributed by atoms with van der Waals surface area (Å²) < 4.78 is 16.9. The largest absolute Gasteiger partial charge is 0.379 e. The Bertz CT molecular complexity index is 178. The monoisotopic (exact) mass is 308 g/mol. The van der Waals surface area contributed by atoms with Gasteiger partial charge in [0.15, 0.2) is 0 Å². The van der Waals surface area contributed by atoms with Gasteiger partial charge in [0, 0.05) is 22.5 Å². The van der Waals surface area contributed by atoms with E-state index in [0.29, 0.717) is 5.25 Å². The summed E-state index contributed by atoms with van der Waals surface area (Å²) in [6.07, 6.45) is 3.82. The quantitative estimate of drug-likeness (QED) is 0.799. The zero-order valence-corrected chi connectivity index (χ0v) is 13.7. The molecule has 1 heterocycles. The third kappa shape index (κ3) is 11.0. The van der Waals surface area contributed by atoms with Crippen LogP contribution in [0.5, 0.6) is 0 Å². The molecule has 3 nitrogen and oxygen atoms in total. The van der Waals surface area contributed by atoms with Gasteiger partial charge in [-0.1, -0.05) is 19.8 Å². The average Bonchev–Trinajstić information content (AvgIpc) is 2.44. The highest BCUT2D eigenvalue weighted by Crippen LogP contribution is 2.18. The van der Waals surface area contributed by atoms with Gasteiger partial charge in [-0.25, -0.2) is 0 Å². The molecule has 5 heteroatoms. The summed E-state index contributed by atoms with van der Waals surface area (Å²) in [6, 6.07) is 0. The number of rotatable bonds is 3. The maximum atomic E-state index is 5.80. The number of hydrogen-bond acceptors (Lipinski definition) is 5. The zero-order valence-electron chi connectivity index (χ0n) is 12.1. The summed E-state index contributed by atoms with van der Waals surface area (Å²) in [4.78, 5) is 0. The Morgan fingerprint density at radius 2 is 1.58 bits per heavy atom. The maximum absolute atomic E-state index is 5.80. The van der Waals surface area contributed by atoms with Crippen molar-refractivity contribution in [3.05, 3.63) is 0 Å². The van der Waals surface area contributed by atoms with Gasteiger partial charge in [0.2, 0.25) is 0 Å². The minimum atomic E-state index is 0.634. The molecule has 1 unspecified atom stereocenters. The second-order valence-electron chi connectivity index (χ2n) is 4.55. The summed E-state index contributed by atoms with van der Waals surface area (Å²) in [5.74, 6) is 3.19. The van der Waals surface area contributed by atoms with Crippen molar-refractivity contribution in [2.24, 2.45) is 0 Å². The van der Waals surface area contributed by atoms with Crippen molar-refractivity contribution in [1.82, 2.24) is 0 Å². The predicted octanol–water partition coefficient (Wildman–Crippen LogP) is 3.08. The van der Waals surface area contributed by atoms with E-state index in [1.54, 1.807) is 0 Å². The van der Waals surface area contributed by atoms with Gasteiger partial charge >= 0.3 is 0 Å². The van der Waals surface area contributed by atoms with Crippen molar-refractivity contribution >= 4 is 23.5 Å². The summed E-state index contributed by atoms with van der Waals surface area (Å²) in [5, 5.41) is 0.634. The Kier molecular flexibility index (Phi) is 12.6. The molecule has 0 aromatic heterocycles. The predicted molar refractivity (Wildman–Crippen MR) is 85.6 cm³/mol. The summed E-state index contributed by atoms with van der Waals surface area (Å²) in [5.41, 5.74) is 0. The normalized spacial score (nSPS) is 25.4. The SMILES string of the molecule is CCCCC1COCCSCCOCCOCCS1. The molecule has 1 rings (SSSR count). The molecule has 1 aliphatic heterocycles. The van der Waals surface area contributed by atoms with E-state index < -0.39 is 0 Å². The Labute approximate surface area is 126 Å². The van der Waals surface area contributed by atoms with E-state index in [4.69, 9.17) is 14.2 Å². The fourth-order valence-corrected chi connectivity index (χ4v) is 3.54. The Morgan fingerprint density at radius 3 is 2.32 bits per heavy atom. The van der Waals surface area contributed by atoms with Crippen molar-refractivity contribution in [2.45, 2.75) is 31.4 Å². The molecule has 0 aliphatic carbocycles. The van der Waals surface area contributed by atoms with Crippen molar-refractivity contribution in [1.29, 1.82) is 0 Å². The van der Waals surface area contributed by atoms with Crippen molar-refractivity contribution < 1.29 is 14.2 Å². The van der Waals surface area contributed by atoms with Crippen molar-refractivity contribution in [2.75, 3.05) is 56.9 Å². The number of thioether (sulfide) groups is 2. The second kappa shape index (κ2) is 13.6. The highest BCUT2D eigenvalue weighted by molar-refractivity contribution is 8.00. The molecule has 0 radical (unpaired) electrons. The van der Waals surface area contributed by atoms with E-state index in [0.717, 1.165) is 56.9 Å². The first-order valence-electron chi connectivity index (χ1n) is 7.36. The van der Waals surface area contributed by atoms with E-state index in [2.05, 4.69) is 6.92 Å². The first kappa shape index (κ1) is 17.6. The van der Waals surface area contributed by atoms with Crippen molar-refractivity contribution in [3.63, 3.8) is 0 Å². The summed E-state index contributed by atoms with van der Waals surface area (Å²) in [7, 11) is 0. The summed E-state index contributed by atoms with van der Waals surface area (Å²) in [6.45, 7) is 7.10. The van der Waals surface area contributed by atoms with Crippen LogP contribution in [0.2, 0.25) is 0 Å². The van der Waals surface area contributed by atoms with Crippen LogP contribution in [0.4, 0.5) is 0 Å². The fraction of sp³-hybridized carbons (Fsp3) is 1.00.